The standard InChI is InChI=1S/C16H16ClN3O3/c17-13-4-2-1-3-11(13)14-12(9-18-19-14)15(21)20-7-5-10(6-8-20)16(22)23/h1-4,9-10H,5-8H2,(H,18,19)(H,22,23). The SMILES string of the molecule is O=C(O)C1CCN(C(=O)c2cn[nH]c2-c2ccccc2Cl)CC1. The Morgan fingerprint density at radius 1 is 1.26 bits per heavy atom. The lowest BCUT2D eigenvalue weighted by atomic mass is 9.96. The number of amides is 1. The van der Waals surface area contributed by atoms with Crippen LogP contribution in [-0.2, 0) is 4.79 Å². The molecule has 2 aromatic rings. The van der Waals surface area contributed by atoms with E-state index in [4.69, 9.17) is 16.7 Å². The van der Waals surface area contributed by atoms with E-state index in [0.717, 1.165) is 5.56 Å². The van der Waals surface area contributed by atoms with Gasteiger partial charge in [0.1, 0.15) is 0 Å². The lowest BCUT2D eigenvalue weighted by molar-refractivity contribution is -0.143. The molecule has 2 N–H and O–H groups in total. The molecule has 1 aromatic heterocycles. The minimum Gasteiger partial charge on any atom is -0.481 e. The summed E-state index contributed by atoms with van der Waals surface area (Å²) < 4.78 is 0. The second kappa shape index (κ2) is 6.42. The van der Waals surface area contributed by atoms with Gasteiger partial charge in [-0.2, -0.15) is 5.10 Å². The van der Waals surface area contributed by atoms with E-state index in [1.165, 1.54) is 6.20 Å². The van der Waals surface area contributed by atoms with Crippen LogP contribution in [0.15, 0.2) is 30.5 Å². The predicted molar refractivity (Wildman–Crippen MR) is 85.3 cm³/mol. The van der Waals surface area contributed by atoms with Gasteiger partial charge in [0.15, 0.2) is 0 Å². The summed E-state index contributed by atoms with van der Waals surface area (Å²) in [6.07, 6.45) is 2.44. The third-order valence-electron chi connectivity index (χ3n) is 4.14. The first-order valence-electron chi connectivity index (χ1n) is 7.38. The molecule has 1 saturated heterocycles. The molecule has 0 saturated carbocycles. The topological polar surface area (TPSA) is 86.3 Å². The Balaban J connectivity index is 1.81. The fourth-order valence-electron chi connectivity index (χ4n) is 2.82. The number of hydrogen-bond donors (Lipinski definition) is 2. The van der Waals surface area contributed by atoms with Gasteiger partial charge in [-0.05, 0) is 18.9 Å². The van der Waals surface area contributed by atoms with Crippen LogP contribution in [0.4, 0.5) is 0 Å². The van der Waals surface area contributed by atoms with Crippen LogP contribution in [0.1, 0.15) is 23.2 Å². The van der Waals surface area contributed by atoms with E-state index in [2.05, 4.69) is 10.2 Å². The van der Waals surface area contributed by atoms with Gasteiger partial charge in [-0.25, -0.2) is 0 Å². The highest BCUT2D eigenvalue weighted by atomic mass is 35.5. The number of rotatable bonds is 3. The van der Waals surface area contributed by atoms with Crippen LogP contribution in [0.25, 0.3) is 11.3 Å². The number of carbonyl (C=O) groups is 2. The monoisotopic (exact) mass is 333 g/mol. The highest BCUT2D eigenvalue weighted by molar-refractivity contribution is 6.33. The molecule has 0 radical (unpaired) electrons. The number of carboxylic acids is 1. The Bertz CT molecular complexity index is 736. The predicted octanol–water partition coefficient (Wildman–Crippen LogP) is 2.67. The van der Waals surface area contributed by atoms with Crippen LogP contribution in [0.2, 0.25) is 5.02 Å². The molecule has 2 heterocycles. The summed E-state index contributed by atoms with van der Waals surface area (Å²) in [4.78, 5) is 25.4. The molecule has 7 heteroatoms. The zero-order valence-corrected chi connectivity index (χ0v) is 13.1. The zero-order valence-electron chi connectivity index (χ0n) is 12.3. The molecule has 120 valence electrons. The summed E-state index contributed by atoms with van der Waals surface area (Å²) in [6.45, 7) is 0.867. The Kier molecular flexibility index (Phi) is 4.34. The van der Waals surface area contributed by atoms with Crippen molar-refractivity contribution in [1.82, 2.24) is 15.1 Å². The molecule has 0 atom stereocenters. The van der Waals surface area contributed by atoms with Gasteiger partial charge >= 0.3 is 5.97 Å². The molecule has 1 aromatic carbocycles. The number of aromatic amines is 1. The summed E-state index contributed by atoms with van der Waals surface area (Å²) in [5.41, 5.74) is 1.75. The average Bonchev–Trinajstić information content (AvgIpc) is 3.04. The van der Waals surface area contributed by atoms with Crippen LogP contribution in [0.5, 0.6) is 0 Å². The van der Waals surface area contributed by atoms with Crippen LogP contribution in [0.3, 0.4) is 0 Å². The number of nitrogens with zero attached hydrogens (tertiary/aromatic N) is 2. The molecule has 3 rings (SSSR count). The second-order valence-corrected chi connectivity index (χ2v) is 5.95. The van der Waals surface area contributed by atoms with Gasteiger partial charge in [0, 0.05) is 23.7 Å². The Labute approximate surface area is 138 Å². The van der Waals surface area contributed by atoms with Crippen molar-refractivity contribution in [2.45, 2.75) is 12.8 Å². The summed E-state index contributed by atoms with van der Waals surface area (Å²) in [5, 5.41) is 16.4. The highest BCUT2D eigenvalue weighted by Crippen LogP contribution is 2.29. The highest BCUT2D eigenvalue weighted by Gasteiger charge is 2.29. The number of piperidine rings is 1. The van der Waals surface area contributed by atoms with Crippen molar-refractivity contribution in [3.8, 4) is 11.3 Å². The van der Waals surface area contributed by atoms with Gasteiger partial charge in [0.2, 0.25) is 0 Å². The van der Waals surface area contributed by atoms with Crippen molar-refractivity contribution >= 4 is 23.5 Å². The number of H-pyrrole nitrogens is 1. The number of halogens is 1. The number of hydrogen-bond acceptors (Lipinski definition) is 3. The lowest BCUT2D eigenvalue weighted by Gasteiger charge is -2.30. The zero-order chi connectivity index (χ0) is 16.4. The van der Waals surface area contributed by atoms with Gasteiger partial charge in [-0.3, -0.25) is 14.7 Å². The fraction of sp³-hybridized carbons (Fsp3) is 0.312. The van der Waals surface area contributed by atoms with E-state index in [0.29, 0.717) is 42.2 Å². The van der Waals surface area contributed by atoms with Gasteiger partial charge in [-0.1, -0.05) is 29.8 Å². The van der Waals surface area contributed by atoms with Crippen molar-refractivity contribution in [3.05, 3.63) is 41.0 Å². The Morgan fingerprint density at radius 3 is 2.61 bits per heavy atom. The molecular weight excluding hydrogens is 318 g/mol. The van der Waals surface area contributed by atoms with Crippen molar-refractivity contribution in [3.63, 3.8) is 0 Å². The maximum atomic E-state index is 12.7. The smallest absolute Gasteiger partial charge is 0.306 e. The van der Waals surface area contributed by atoms with Crippen LogP contribution < -0.4 is 0 Å². The fourth-order valence-corrected chi connectivity index (χ4v) is 3.05. The molecular formula is C16H16ClN3O3. The number of aromatic nitrogens is 2. The number of aliphatic carboxylic acids is 1. The summed E-state index contributed by atoms with van der Waals surface area (Å²) >= 11 is 6.19. The van der Waals surface area contributed by atoms with Crippen molar-refractivity contribution < 1.29 is 14.7 Å². The number of carbonyl (C=O) groups excluding carboxylic acids is 1. The van der Waals surface area contributed by atoms with Crippen molar-refractivity contribution in [1.29, 1.82) is 0 Å². The molecule has 23 heavy (non-hydrogen) atoms. The maximum absolute atomic E-state index is 12.7. The average molecular weight is 334 g/mol. The summed E-state index contributed by atoms with van der Waals surface area (Å²) in [5.74, 6) is -1.32. The molecule has 1 amide bonds. The van der Waals surface area contributed by atoms with E-state index in [1.54, 1.807) is 11.0 Å². The van der Waals surface area contributed by atoms with Crippen LogP contribution in [-0.4, -0.2) is 45.2 Å². The summed E-state index contributed by atoms with van der Waals surface area (Å²) in [6, 6.07) is 7.24. The normalized spacial score (nSPS) is 15.6. The van der Waals surface area contributed by atoms with Crippen molar-refractivity contribution in [2.75, 3.05) is 13.1 Å². The minimum atomic E-state index is -0.794. The number of nitrogens with one attached hydrogen (secondary N) is 1. The molecule has 0 spiro atoms. The van der Waals surface area contributed by atoms with E-state index in [1.807, 2.05) is 18.2 Å². The Hall–Kier alpha value is -2.34. The van der Waals surface area contributed by atoms with Crippen molar-refractivity contribution in [2.24, 2.45) is 5.92 Å². The van der Waals surface area contributed by atoms with E-state index < -0.39 is 5.97 Å². The third kappa shape index (κ3) is 3.07. The third-order valence-corrected chi connectivity index (χ3v) is 4.47. The molecule has 1 fully saturated rings. The quantitative estimate of drug-likeness (QED) is 0.904. The van der Waals surface area contributed by atoms with E-state index >= 15 is 0 Å². The van der Waals surface area contributed by atoms with E-state index in [-0.39, 0.29) is 11.8 Å². The van der Waals surface area contributed by atoms with Gasteiger partial charge in [-0.15, -0.1) is 0 Å². The molecule has 1 aliphatic rings. The second-order valence-electron chi connectivity index (χ2n) is 5.54. The van der Waals surface area contributed by atoms with Gasteiger partial charge in [0.05, 0.1) is 23.4 Å². The number of benzene rings is 1. The van der Waals surface area contributed by atoms with Gasteiger partial charge in [0.25, 0.3) is 5.91 Å². The molecule has 0 bridgehead atoms. The lowest BCUT2D eigenvalue weighted by Crippen LogP contribution is -2.40. The molecule has 0 unspecified atom stereocenters. The van der Waals surface area contributed by atoms with E-state index in [9.17, 15) is 9.59 Å². The summed E-state index contributed by atoms with van der Waals surface area (Å²) in [7, 11) is 0. The molecule has 1 aliphatic heterocycles. The first-order chi connectivity index (χ1) is 11.1. The number of carboxylic acid groups (broad SMARTS) is 1. The number of likely N-dealkylation sites (tertiary alicyclic amines) is 1. The first kappa shape index (κ1) is 15.6. The largest absolute Gasteiger partial charge is 0.481 e. The first-order valence-corrected chi connectivity index (χ1v) is 7.76. The minimum absolute atomic E-state index is 0.155. The maximum Gasteiger partial charge on any atom is 0.306 e. The molecule has 0 aliphatic carbocycles. The van der Waals surface area contributed by atoms with Crippen LogP contribution in [0, 0.1) is 5.92 Å². The van der Waals surface area contributed by atoms with Crippen LogP contribution >= 0.6 is 11.6 Å². The Morgan fingerprint density at radius 2 is 1.96 bits per heavy atom. The van der Waals surface area contributed by atoms with Gasteiger partial charge < -0.3 is 10.0 Å². The molecule has 6 nitrogen and oxygen atoms in total.